The van der Waals surface area contributed by atoms with Gasteiger partial charge in [-0.2, -0.15) is 0 Å². The topological polar surface area (TPSA) is 75.6 Å². The van der Waals surface area contributed by atoms with Crippen LogP contribution in [0.15, 0.2) is 17.0 Å². The van der Waals surface area contributed by atoms with Gasteiger partial charge in [0.15, 0.2) is 0 Å². The summed E-state index contributed by atoms with van der Waals surface area (Å²) >= 11 is 0. The molecular weight excluding hydrogens is 254 g/mol. The highest BCUT2D eigenvalue weighted by Gasteiger charge is 2.19. The average Bonchev–Trinajstić information content (AvgIpc) is 2.27. The van der Waals surface area contributed by atoms with E-state index in [9.17, 15) is 8.42 Å². The molecule has 0 amide bonds. The van der Waals surface area contributed by atoms with Crippen LogP contribution < -0.4 is 9.46 Å². The SMILES string of the molecule is COc1cc(C)c(S(=O)(=O)NCCCO)c(C)c1. The van der Waals surface area contributed by atoms with E-state index in [2.05, 4.69) is 4.72 Å². The van der Waals surface area contributed by atoms with E-state index in [0.29, 0.717) is 23.3 Å². The molecule has 1 aromatic carbocycles. The van der Waals surface area contributed by atoms with E-state index in [1.165, 1.54) is 0 Å². The monoisotopic (exact) mass is 273 g/mol. The zero-order valence-corrected chi connectivity index (χ0v) is 11.7. The molecule has 0 saturated carbocycles. The smallest absolute Gasteiger partial charge is 0.241 e. The Morgan fingerprint density at radius 2 is 1.83 bits per heavy atom. The normalized spacial score (nSPS) is 11.6. The van der Waals surface area contributed by atoms with Crippen molar-refractivity contribution in [3.63, 3.8) is 0 Å². The van der Waals surface area contributed by atoms with E-state index >= 15 is 0 Å². The van der Waals surface area contributed by atoms with Crippen LogP contribution >= 0.6 is 0 Å². The quantitative estimate of drug-likeness (QED) is 0.757. The average molecular weight is 273 g/mol. The molecule has 0 aliphatic heterocycles. The van der Waals surface area contributed by atoms with E-state index < -0.39 is 10.0 Å². The molecule has 0 bridgehead atoms. The molecule has 6 heteroatoms. The summed E-state index contributed by atoms with van der Waals surface area (Å²) < 4.78 is 31.8. The summed E-state index contributed by atoms with van der Waals surface area (Å²) in [7, 11) is -1.99. The molecule has 1 rings (SSSR count). The summed E-state index contributed by atoms with van der Waals surface area (Å²) in [6.45, 7) is 3.65. The maximum Gasteiger partial charge on any atom is 0.241 e. The minimum Gasteiger partial charge on any atom is -0.497 e. The second-order valence-corrected chi connectivity index (χ2v) is 5.77. The summed E-state index contributed by atoms with van der Waals surface area (Å²) in [6, 6.07) is 3.38. The lowest BCUT2D eigenvalue weighted by Crippen LogP contribution is -2.26. The van der Waals surface area contributed by atoms with E-state index in [4.69, 9.17) is 9.84 Å². The van der Waals surface area contributed by atoms with Crippen molar-refractivity contribution in [2.45, 2.75) is 25.2 Å². The molecule has 0 atom stereocenters. The molecule has 0 heterocycles. The fourth-order valence-electron chi connectivity index (χ4n) is 1.81. The van der Waals surface area contributed by atoms with Crippen molar-refractivity contribution in [2.24, 2.45) is 0 Å². The molecule has 0 spiro atoms. The summed E-state index contributed by atoms with van der Waals surface area (Å²) in [5.74, 6) is 0.638. The molecular formula is C12H19NO4S. The molecule has 18 heavy (non-hydrogen) atoms. The van der Waals surface area contributed by atoms with Crippen molar-refractivity contribution in [2.75, 3.05) is 20.3 Å². The predicted molar refractivity (Wildman–Crippen MR) is 69.4 cm³/mol. The number of aliphatic hydroxyl groups excluding tert-OH is 1. The van der Waals surface area contributed by atoms with Crippen LogP contribution in [0.4, 0.5) is 0 Å². The van der Waals surface area contributed by atoms with E-state index in [1.807, 2.05) is 0 Å². The van der Waals surface area contributed by atoms with Crippen molar-refractivity contribution in [1.82, 2.24) is 4.72 Å². The number of hydrogen-bond acceptors (Lipinski definition) is 4. The Balaban J connectivity index is 3.09. The second kappa shape index (κ2) is 6.17. The van der Waals surface area contributed by atoms with Gasteiger partial charge < -0.3 is 9.84 Å². The molecule has 0 radical (unpaired) electrons. The van der Waals surface area contributed by atoms with E-state index in [1.54, 1.807) is 33.1 Å². The number of aliphatic hydroxyl groups is 1. The van der Waals surface area contributed by atoms with Gasteiger partial charge in [-0.05, 0) is 43.5 Å². The molecule has 0 unspecified atom stereocenters. The third-order valence-corrected chi connectivity index (χ3v) is 4.33. The first kappa shape index (κ1) is 14.9. The van der Waals surface area contributed by atoms with E-state index in [-0.39, 0.29) is 18.0 Å². The maximum absolute atomic E-state index is 12.1. The Hall–Kier alpha value is -1.11. The van der Waals surface area contributed by atoms with Gasteiger partial charge in [-0.1, -0.05) is 0 Å². The number of methoxy groups -OCH3 is 1. The second-order valence-electron chi connectivity index (χ2n) is 4.07. The zero-order valence-electron chi connectivity index (χ0n) is 10.9. The Morgan fingerprint density at radius 1 is 1.28 bits per heavy atom. The first-order chi connectivity index (χ1) is 8.42. The van der Waals surface area contributed by atoms with Crippen LogP contribution in [0, 0.1) is 13.8 Å². The first-order valence-electron chi connectivity index (χ1n) is 5.68. The van der Waals surface area contributed by atoms with Crippen molar-refractivity contribution >= 4 is 10.0 Å². The molecule has 0 saturated heterocycles. The largest absolute Gasteiger partial charge is 0.497 e. The number of nitrogens with one attached hydrogen (secondary N) is 1. The molecule has 0 fully saturated rings. The Morgan fingerprint density at radius 3 is 2.28 bits per heavy atom. The van der Waals surface area contributed by atoms with Crippen molar-refractivity contribution in [3.05, 3.63) is 23.3 Å². The highest BCUT2D eigenvalue weighted by molar-refractivity contribution is 7.89. The highest BCUT2D eigenvalue weighted by Crippen LogP contribution is 2.25. The predicted octanol–water partition coefficient (Wildman–Crippen LogP) is 0.973. The molecule has 0 aliphatic carbocycles. The van der Waals surface area contributed by atoms with Crippen LogP contribution in [-0.2, 0) is 10.0 Å². The third kappa shape index (κ3) is 3.44. The van der Waals surface area contributed by atoms with Gasteiger partial charge in [0.1, 0.15) is 5.75 Å². The zero-order chi connectivity index (χ0) is 13.8. The molecule has 0 aromatic heterocycles. The fraction of sp³-hybridized carbons (Fsp3) is 0.500. The van der Waals surface area contributed by atoms with Gasteiger partial charge >= 0.3 is 0 Å². The molecule has 102 valence electrons. The van der Waals surface area contributed by atoms with E-state index in [0.717, 1.165) is 0 Å². The van der Waals surface area contributed by atoms with Crippen molar-refractivity contribution < 1.29 is 18.3 Å². The molecule has 1 aromatic rings. The number of ether oxygens (including phenoxy) is 1. The Bertz CT molecular complexity index is 488. The van der Waals surface area contributed by atoms with Crippen LogP contribution in [0.2, 0.25) is 0 Å². The summed E-state index contributed by atoms with van der Waals surface area (Å²) in [6.07, 6.45) is 0.396. The summed E-state index contributed by atoms with van der Waals surface area (Å²) in [4.78, 5) is 0.279. The number of sulfonamides is 1. The third-order valence-electron chi connectivity index (χ3n) is 2.57. The molecule has 2 N–H and O–H groups in total. The van der Waals surface area contributed by atoms with Crippen LogP contribution in [0.1, 0.15) is 17.5 Å². The minimum atomic E-state index is -3.54. The van der Waals surface area contributed by atoms with Crippen LogP contribution in [0.5, 0.6) is 5.75 Å². The molecule has 0 aliphatic rings. The Labute approximate surface area is 108 Å². The number of benzene rings is 1. The standard InChI is InChI=1S/C12H19NO4S/c1-9-7-11(17-3)8-10(2)12(9)18(15,16)13-5-4-6-14/h7-8,13-14H,4-6H2,1-3H3. The lowest BCUT2D eigenvalue weighted by molar-refractivity contribution is 0.289. The Kier molecular flexibility index (Phi) is 5.13. The van der Waals surface area contributed by atoms with Crippen LogP contribution in [-0.4, -0.2) is 33.8 Å². The maximum atomic E-state index is 12.1. The number of rotatable bonds is 6. The lowest BCUT2D eigenvalue weighted by Gasteiger charge is -2.13. The van der Waals surface area contributed by atoms with Crippen molar-refractivity contribution in [3.8, 4) is 5.75 Å². The van der Waals surface area contributed by atoms with Gasteiger partial charge in [0.25, 0.3) is 0 Å². The summed E-state index contributed by atoms with van der Waals surface area (Å²) in [5, 5.41) is 8.66. The van der Waals surface area contributed by atoms with Gasteiger partial charge in [0.05, 0.1) is 12.0 Å². The summed E-state index contributed by atoms with van der Waals surface area (Å²) in [5.41, 5.74) is 1.28. The van der Waals surface area contributed by atoms with Gasteiger partial charge in [-0.15, -0.1) is 0 Å². The van der Waals surface area contributed by atoms with Crippen LogP contribution in [0.3, 0.4) is 0 Å². The molecule has 5 nitrogen and oxygen atoms in total. The minimum absolute atomic E-state index is 0.0386. The van der Waals surface area contributed by atoms with Gasteiger partial charge in [-0.25, -0.2) is 13.1 Å². The lowest BCUT2D eigenvalue weighted by atomic mass is 10.1. The van der Waals surface area contributed by atoms with Gasteiger partial charge in [0.2, 0.25) is 10.0 Å². The highest BCUT2D eigenvalue weighted by atomic mass is 32.2. The number of hydrogen-bond donors (Lipinski definition) is 2. The first-order valence-corrected chi connectivity index (χ1v) is 7.16. The van der Waals surface area contributed by atoms with Crippen molar-refractivity contribution in [1.29, 1.82) is 0 Å². The fourth-order valence-corrected chi connectivity index (χ4v) is 3.33. The van der Waals surface area contributed by atoms with Gasteiger partial charge in [0, 0.05) is 13.2 Å². The number of aryl methyl sites for hydroxylation is 2. The van der Waals surface area contributed by atoms with Crippen LogP contribution in [0.25, 0.3) is 0 Å². The van der Waals surface area contributed by atoms with Gasteiger partial charge in [-0.3, -0.25) is 0 Å².